The molecule has 0 aromatic heterocycles. The first-order valence-corrected chi connectivity index (χ1v) is 13.5. The van der Waals surface area contributed by atoms with Gasteiger partial charge in [-0.1, -0.05) is 63.8 Å². The van der Waals surface area contributed by atoms with E-state index in [0.717, 1.165) is 61.1 Å². The van der Waals surface area contributed by atoms with Gasteiger partial charge in [-0.15, -0.1) is 0 Å². The van der Waals surface area contributed by atoms with Crippen LogP contribution in [-0.4, -0.2) is 36.4 Å². The van der Waals surface area contributed by atoms with Crippen molar-refractivity contribution in [3.63, 3.8) is 0 Å². The Labute approximate surface area is 214 Å². The van der Waals surface area contributed by atoms with Crippen molar-refractivity contribution >= 4 is 23.6 Å². The Morgan fingerprint density at radius 2 is 1.91 bits per heavy atom. The predicted molar refractivity (Wildman–Crippen MR) is 137 cm³/mol. The number of methoxy groups -OCH3 is 1. The second-order valence-electron chi connectivity index (χ2n) is 12.1. The number of hydrogen-bond acceptors (Lipinski definition) is 4. The Kier molecular flexibility index (Phi) is 7.20. The molecule has 1 unspecified atom stereocenters. The summed E-state index contributed by atoms with van der Waals surface area (Å²) in [5.41, 5.74) is 0.936. The van der Waals surface area contributed by atoms with E-state index in [1.807, 2.05) is 6.07 Å². The number of esters is 1. The van der Waals surface area contributed by atoms with E-state index in [4.69, 9.17) is 16.3 Å². The SMILES string of the molecule is CCC(C)(C)CCc1ccc([C@@]2(NC(=O)NC34CC(C(=O)OC)(C3)C4)CCCCC2CO)cc1Cl. The van der Waals surface area contributed by atoms with Crippen LogP contribution in [0.4, 0.5) is 4.79 Å². The average molecular weight is 505 g/mol. The summed E-state index contributed by atoms with van der Waals surface area (Å²) in [6, 6.07) is 5.93. The molecular weight excluding hydrogens is 464 g/mol. The highest BCUT2D eigenvalue weighted by atomic mass is 35.5. The van der Waals surface area contributed by atoms with Gasteiger partial charge in [-0.3, -0.25) is 4.79 Å². The van der Waals surface area contributed by atoms with Gasteiger partial charge in [-0.25, -0.2) is 4.79 Å². The van der Waals surface area contributed by atoms with E-state index in [0.29, 0.717) is 19.3 Å². The molecule has 4 aliphatic rings. The van der Waals surface area contributed by atoms with Crippen molar-refractivity contribution in [2.75, 3.05) is 13.7 Å². The van der Waals surface area contributed by atoms with Crippen molar-refractivity contribution < 1.29 is 19.4 Å². The number of aryl methyl sites for hydroxylation is 1. The molecule has 0 aliphatic heterocycles. The third kappa shape index (κ3) is 4.81. The Morgan fingerprint density at radius 1 is 1.20 bits per heavy atom. The van der Waals surface area contributed by atoms with Gasteiger partial charge < -0.3 is 20.5 Å². The van der Waals surface area contributed by atoms with E-state index >= 15 is 0 Å². The molecule has 1 aromatic rings. The summed E-state index contributed by atoms with van der Waals surface area (Å²) >= 11 is 6.78. The van der Waals surface area contributed by atoms with Gasteiger partial charge in [-0.2, -0.15) is 0 Å². The molecule has 0 saturated heterocycles. The van der Waals surface area contributed by atoms with Crippen LogP contribution in [0.5, 0.6) is 0 Å². The Balaban J connectivity index is 1.51. The highest BCUT2D eigenvalue weighted by Crippen LogP contribution is 2.67. The zero-order valence-corrected chi connectivity index (χ0v) is 22.4. The molecule has 5 rings (SSSR count). The molecule has 2 amide bonds. The van der Waals surface area contributed by atoms with Crippen LogP contribution in [0, 0.1) is 16.7 Å². The minimum absolute atomic E-state index is 0.000927. The average Bonchev–Trinajstić information content (AvgIpc) is 2.79. The molecule has 7 heteroatoms. The molecule has 194 valence electrons. The highest BCUT2D eigenvalue weighted by molar-refractivity contribution is 6.31. The molecule has 2 bridgehead atoms. The number of aliphatic hydroxyl groups is 1. The maximum atomic E-state index is 13.3. The van der Waals surface area contributed by atoms with Gasteiger partial charge in [0.1, 0.15) is 0 Å². The largest absolute Gasteiger partial charge is 0.469 e. The summed E-state index contributed by atoms with van der Waals surface area (Å²) in [5.74, 6) is -0.264. The van der Waals surface area contributed by atoms with Crippen LogP contribution in [-0.2, 0) is 21.5 Å². The predicted octanol–water partition coefficient (Wildman–Crippen LogP) is 5.48. The maximum absolute atomic E-state index is 13.3. The Bertz CT molecular complexity index is 958. The number of benzene rings is 1. The summed E-state index contributed by atoms with van der Waals surface area (Å²) in [6.45, 7) is 6.77. The Morgan fingerprint density at radius 3 is 2.51 bits per heavy atom. The smallest absolute Gasteiger partial charge is 0.315 e. The number of amides is 2. The highest BCUT2D eigenvalue weighted by Gasteiger charge is 2.73. The number of nitrogens with one attached hydrogen (secondary N) is 2. The van der Waals surface area contributed by atoms with Gasteiger partial charge in [0.05, 0.1) is 18.1 Å². The third-order valence-corrected chi connectivity index (χ3v) is 9.60. The van der Waals surface area contributed by atoms with Crippen molar-refractivity contribution in [1.29, 1.82) is 0 Å². The molecule has 3 N–H and O–H groups in total. The van der Waals surface area contributed by atoms with Crippen LogP contribution in [0.15, 0.2) is 18.2 Å². The molecule has 35 heavy (non-hydrogen) atoms. The number of halogens is 1. The lowest BCUT2D eigenvalue weighted by Crippen LogP contribution is -2.78. The molecule has 0 spiro atoms. The van der Waals surface area contributed by atoms with E-state index in [2.05, 4.69) is 43.5 Å². The first kappa shape index (κ1) is 26.3. The Hall–Kier alpha value is -1.79. The summed E-state index contributed by atoms with van der Waals surface area (Å²) in [4.78, 5) is 25.3. The normalized spacial score (nSPS) is 31.7. The first-order valence-electron chi connectivity index (χ1n) is 13.1. The summed E-state index contributed by atoms with van der Waals surface area (Å²) in [7, 11) is 1.42. The molecule has 1 aromatic carbocycles. The van der Waals surface area contributed by atoms with Crippen molar-refractivity contribution in [3.8, 4) is 0 Å². The number of ether oxygens (including phenoxy) is 1. The molecular formula is C28H41ClN2O4. The fraction of sp³-hybridized carbons (Fsp3) is 0.714. The number of rotatable bonds is 9. The minimum Gasteiger partial charge on any atom is -0.469 e. The van der Waals surface area contributed by atoms with E-state index in [9.17, 15) is 14.7 Å². The topological polar surface area (TPSA) is 87.7 Å². The number of aliphatic hydroxyl groups excluding tert-OH is 1. The number of urea groups is 1. The standard InChI is InChI=1S/C28H41ClN2O4/c1-5-25(2,3)13-11-19-9-10-20(14-22(19)29)28(12-7-6-8-21(28)15-32)31-24(34)30-27-16-26(17-27,18-27)23(33)35-4/h9-10,14,21,32H,5-8,11-13,15-18H2,1-4H3,(H2,30,31,34)/t21?,26?,27?,28-/m0/s1. The number of carbonyl (C=O) groups is 2. The van der Waals surface area contributed by atoms with Gasteiger partial charge >= 0.3 is 12.0 Å². The van der Waals surface area contributed by atoms with Crippen LogP contribution in [0.2, 0.25) is 5.02 Å². The van der Waals surface area contributed by atoms with Gasteiger partial charge in [0.2, 0.25) is 0 Å². The quantitative estimate of drug-likeness (QED) is 0.388. The van der Waals surface area contributed by atoms with Crippen LogP contribution in [0.1, 0.15) is 89.7 Å². The van der Waals surface area contributed by atoms with Crippen LogP contribution < -0.4 is 10.6 Å². The second kappa shape index (κ2) is 9.59. The van der Waals surface area contributed by atoms with Crippen LogP contribution >= 0.6 is 11.6 Å². The zero-order chi connectivity index (χ0) is 25.5. The van der Waals surface area contributed by atoms with Gasteiger partial charge in [0.15, 0.2) is 0 Å². The van der Waals surface area contributed by atoms with Crippen molar-refractivity contribution in [2.45, 2.75) is 96.1 Å². The van der Waals surface area contributed by atoms with E-state index in [1.165, 1.54) is 7.11 Å². The molecule has 4 aliphatic carbocycles. The lowest BCUT2D eigenvalue weighted by Gasteiger charge is -2.68. The molecule has 4 fully saturated rings. The summed E-state index contributed by atoms with van der Waals surface area (Å²) < 4.78 is 4.92. The molecule has 4 saturated carbocycles. The molecule has 6 nitrogen and oxygen atoms in total. The first-order chi connectivity index (χ1) is 16.5. The lowest BCUT2D eigenvalue weighted by atomic mass is 9.39. The maximum Gasteiger partial charge on any atom is 0.315 e. The van der Waals surface area contributed by atoms with E-state index in [-0.39, 0.29) is 35.5 Å². The van der Waals surface area contributed by atoms with Crippen molar-refractivity contribution in [2.24, 2.45) is 16.7 Å². The lowest BCUT2D eigenvalue weighted by molar-refractivity contribution is -0.199. The third-order valence-electron chi connectivity index (χ3n) is 9.25. The van der Waals surface area contributed by atoms with E-state index in [1.54, 1.807) is 0 Å². The van der Waals surface area contributed by atoms with Crippen LogP contribution in [0.3, 0.4) is 0 Å². The van der Waals surface area contributed by atoms with Crippen LogP contribution in [0.25, 0.3) is 0 Å². The molecule has 0 radical (unpaired) electrons. The van der Waals surface area contributed by atoms with Crippen molar-refractivity contribution in [1.82, 2.24) is 10.6 Å². The zero-order valence-electron chi connectivity index (χ0n) is 21.6. The minimum atomic E-state index is -0.675. The van der Waals surface area contributed by atoms with Crippen molar-refractivity contribution in [3.05, 3.63) is 34.3 Å². The molecule has 2 atom stereocenters. The summed E-state index contributed by atoms with van der Waals surface area (Å²) in [5, 5.41) is 17.4. The summed E-state index contributed by atoms with van der Waals surface area (Å²) in [6.07, 6.45) is 8.57. The van der Waals surface area contributed by atoms with Gasteiger partial charge in [-0.05, 0) is 67.6 Å². The monoisotopic (exact) mass is 504 g/mol. The fourth-order valence-electron chi connectivity index (χ4n) is 6.61. The molecule has 0 heterocycles. The number of hydrogen-bond donors (Lipinski definition) is 3. The number of carbonyl (C=O) groups excluding carboxylic acids is 2. The fourth-order valence-corrected chi connectivity index (χ4v) is 6.89. The second-order valence-corrected chi connectivity index (χ2v) is 12.5. The van der Waals surface area contributed by atoms with Gasteiger partial charge in [0, 0.05) is 23.1 Å². The van der Waals surface area contributed by atoms with E-state index < -0.39 is 11.0 Å². The van der Waals surface area contributed by atoms with Gasteiger partial charge in [0.25, 0.3) is 0 Å².